The van der Waals surface area contributed by atoms with E-state index in [-0.39, 0.29) is 5.91 Å². The highest BCUT2D eigenvalue weighted by atomic mass is 32.2. The zero-order valence-corrected chi connectivity index (χ0v) is 8.74. The van der Waals surface area contributed by atoms with Crippen LogP contribution in [0.3, 0.4) is 0 Å². The zero-order chi connectivity index (χ0) is 10.4. The fraction of sp³-hybridized carbons (Fsp3) is 0.222. The minimum absolute atomic E-state index is 0.0639. The molecule has 0 unspecified atom stereocenters. The number of thioether (sulfide) groups is 1. The Balaban J connectivity index is 2.08. The van der Waals surface area contributed by atoms with E-state index in [2.05, 4.69) is 10.1 Å². The van der Waals surface area contributed by atoms with Gasteiger partial charge in [0.1, 0.15) is 17.1 Å². The van der Waals surface area contributed by atoms with Gasteiger partial charge in [0.2, 0.25) is 5.91 Å². The molecule has 0 amide bonds. The minimum atomic E-state index is 0.0639. The Morgan fingerprint density at radius 3 is 3.07 bits per heavy atom. The number of hydrogen-bond donors (Lipinski definition) is 0. The predicted octanol–water partition coefficient (Wildman–Crippen LogP) is 1.59. The topological polar surface area (TPSA) is 60.9 Å². The zero-order valence-electron chi connectivity index (χ0n) is 7.93. The number of imidazole rings is 1. The molecule has 76 valence electrons. The highest BCUT2D eigenvalue weighted by molar-refractivity contribution is 8.00. The summed E-state index contributed by atoms with van der Waals surface area (Å²) in [5, 5.41) is 4.58. The second-order valence-corrected chi connectivity index (χ2v) is 4.23. The van der Waals surface area contributed by atoms with Gasteiger partial charge in [0, 0.05) is 12.3 Å². The van der Waals surface area contributed by atoms with Gasteiger partial charge < -0.3 is 4.52 Å². The van der Waals surface area contributed by atoms with Crippen LogP contribution in [0.15, 0.2) is 21.9 Å². The van der Waals surface area contributed by atoms with Crippen LogP contribution in [0.25, 0.3) is 11.4 Å². The molecule has 1 aliphatic rings. The molecule has 0 radical (unpaired) electrons. The average Bonchev–Trinajstić information content (AvgIpc) is 2.84. The quantitative estimate of drug-likeness (QED) is 0.731. The van der Waals surface area contributed by atoms with Crippen molar-refractivity contribution >= 4 is 17.7 Å². The molecule has 0 N–H and O–H groups in total. The lowest BCUT2D eigenvalue weighted by Crippen LogP contribution is -2.04. The van der Waals surface area contributed by atoms with Crippen LogP contribution in [0.4, 0.5) is 0 Å². The molecule has 0 saturated carbocycles. The number of hydrogen-bond acceptors (Lipinski definition) is 5. The lowest BCUT2D eigenvalue weighted by molar-refractivity contribution is 0.0939. The smallest absolute Gasteiger partial charge is 0.243 e. The molecule has 2 aromatic heterocycles. The second-order valence-electron chi connectivity index (χ2n) is 3.28. The first-order valence-corrected chi connectivity index (χ1v) is 5.42. The summed E-state index contributed by atoms with van der Waals surface area (Å²) in [4.78, 5) is 15.7. The van der Waals surface area contributed by atoms with Crippen LogP contribution >= 0.6 is 11.8 Å². The maximum atomic E-state index is 11.4. The van der Waals surface area contributed by atoms with Crippen molar-refractivity contribution < 1.29 is 9.32 Å². The van der Waals surface area contributed by atoms with Gasteiger partial charge in [-0.25, -0.2) is 4.98 Å². The average molecular weight is 221 g/mol. The Hall–Kier alpha value is -1.56. The molecule has 0 aromatic carbocycles. The van der Waals surface area contributed by atoms with Gasteiger partial charge in [-0.05, 0) is 6.92 Å². The number of fused-ring (bicyclic) bond motifs is 1. The highest BCUT2D eigenvalue weighted by Gasteiger charge is 2.23. The van der Waals surface area contributed by atoms with Crippen LogP contribution < -0.4 is 0 Å². The van der Waals surface area contributed by atoms with E-state index < -0.39 is 0 Å². The predicted molar refractivity (Wildman–Crippen MR) is 53.8 cm³/mol. The van der Waals surface area contributed by atoms with Crippen LogP contribution in [0.5, 0.6) is 0 Å². The van der Waals surface area contributed by atoms with Gasteiger partial charge in [0.15, 0.2) is 5.16 Å². The second kappa shape index (κ2) is 2.96. The number of carbonyl (C=O) groups excluding carboxylic acids is 1. The molecule has 1 aliphatic heterocycles. The summed E-state index contributed by atoms with van der Waals surface area (Å²) >= 11 is 1.44. The molecule has 0 saturated heterocycles. The van der Waals surface area contributed by atoms with Gasteiger partial charge in [-0.1, -0.05) is 16.9 Å². The van der Waals surface area contributed by atoms with Crippen LogP contribution in [0.2, 0.25) is 0 Å². The lowest BCUT2D eigenvalue weighted by atomic mass is 10.3. The number of aryl methyl sites for hydroxylation is 1. The number of rotatable bonds is 1. The Bertz CT molecular complexity index is 543. The van der Waals surface area contributed by atoms with Gasteiger partial charge in [-0.2, -0.15) is 0 Å². The van der Waals surface area contributed by atoms with Crippen LogP contribution in [-0.2, 0) is 0 Å². The maximum Gasteiger partial charge on any atom is 0.243 e. The van der Waals surface area contributed by atoms with Crippen molar-refractivity contribution in [2.75, 3.05) is 5.75 Å². The first-order chi connectivity index (χ1) is 7.24. The fourth-order valence-corrected chi connectivity index (χ4v) is 2.30. The maximum absolute atomic E-state index is 11.4. The summed E-state index contributed by atoms with van der Waals surface area (Å²) in [6, 6.07) is 1.80. The van der Waals surface area contributed by atoms with Crippen molar-refractivity contribution in [1.29, 1.82) is 0 Å². The van der Waals surface area contributed by atoms with Crippen molar-refractivity contribution in [3.63, 3.8) is 0 Å². The Labute approximate surface area is 89.5 Å². The van der Waals surface area contributed by atoms with Gasteiger partial charge in [0.05, 0.1) is 5.75 Å². The first kappa shape index (κ1) is 8.72. The van der Waals surface area contributed by atoms with Crippen LogP contribution in [0.1, 0.15) is 10.6 Å². The molecule has 0 bridgehead atoms. The summed E-state index contributed by atoms with van der Waals surface area (Å²) in [6.45, 7) is 1.82. The van der Waals surface area contributed by atoms with Gasteiger partial charge in [-0.3, -0.25) is 9.36 Å². The summed E-state index contributed by atoms with van der Waals surface area (Å²) < 4.78 is 6.52. The third-order valence-corrected chi connectivity index (χ3v) is 3.09. The molecule has 15 heavy (non-hydrogen) atoms. The van der Waals surface area contributed by atoms with E-state index >= 15 is 0 Å². The molecular formula is C9H7N3O2S. The summed E-state index contributed by atoms with van der Waals surface area (Å²) in [5.74, 6) is 1.27. The summed E-state index contributed by atoms with van der Waals surface area (Å²) in [7, 11) is 0. The lowest BCUT2D eigenvalue weighted by Gasteiger charge is -1.87. The van der Waals surface area contributed by atoms with Gasteiger partial charge in [0.25, 0.3) is 0 Å². The third kappa shape index (κ3) is 1.29. The molecule has 6 heteroatoms. The Morgan fingerprint density at radius 1 is 1.53 bits per heavy atom. The largest absolute Gasteiger partial charge is 0.361 e. The van der Waals surface area contributed by atoms with Gasteiger partial charge in [-0.15, -0.1) is 0 Å². The normalized spacial score (nSPS) is 14.6. The van der Waals surface area contributed by atoms with Crippen LogP contribution in [-0.4, -0.2) is 26.4 Å². The van der Waals surface area contributed by atoms with E-state index in [0.29, 0.717) is 17.1 Å². The SMILES string of the molecule is Cc1cc(-c2cn3c(n2)SCC3=O)no1. The van der Waals surface area contributed by atoms with Crippen molar-refractivity contribution in [2.45, 2.75) is 12.1 Å². The third-order valence-electron chi connectivity index (χ3n) is 2.16. The molecule has 3 rings (SSSR count). The monoisotopic (exact) mass is 221 g/mol. The molecule has 5 nitrogen and oxygen atoms in total. The van der Waals surface area contributed by atoms with Crippen molar-refractivity contribution in [1.82, 2.24) is 14.7 Å². The molecule has 0 atom stereocenters. The molecule has 2 aromatic rings. The van der Waals surface area contributed by atoms with Crippen LogP contribution in [0, 0.1) is 6.92 Å². The molecule has 0 fully saturated rings. The van der Waals surface area contributed by atoms with Crippen molar-refractivity contribution in [3.8, 4) is 11.4 Å². The number of carbonyl (C=O) groups is 1. The molecule has 3 heterocycles. The highest BCUT2D eigenvalue weighted by Crippen LogP contribution is 2.28. The number of aromatic nitrogens is 3. The Kier molecular flexibility index (Phi) is 1.72. The summed E-state index contributed by atoms with van der Waals surface area (Å²) in [6.07, 6.45) is 1.70. The van der Waals surface area contributed by atoms with E-state index in [1.165, 1.54) is 11.8 Å². The van der Waals surface area contributed by atoms with E-state index in [0.717, 1.165) is 10.9 Å². The van der Waals surface area contributed by atoms with Crippen molar-refractivity contribution in [2.24, 2.45) is 0 Å². The fourth-order valence-electron chi connectivity index (χ4n) is 1.45. The standard InChI is InChI=1S/C9H7N3O2S/c1-5-2-6(11-14-5)7-3-12-8(13)4-15-9(12)10-7/h2-3H,4H2,1H3. The Morgan fingerprint density at radius 2 is 2.40 bits per heavy atom. The first-order valence-electron chi connectivity index (χ1n) is 4.43. The molecule has 0 aliphatic carbocycles. The molecule has 0 spiro atoms. The van der Waals surface area contributed by atoms with E-state index in [4.69, 9.17) is 4.52 Å². The minimum Gasteiger partial charge on any atom is -0.361 e. The summed E-state index contributed by atoms with van der Waals surface area (Å²) in [5.41, 5.74) is 1.35. The number of nitrogens with zero attached hydrogens (tertiary/aromatic N) is 3. The van der Waals surface area contributed by atoms with Gasteiger partial charge >= 0.3 is 0 Å². The van der Waals surface area contributed by atoms with E-state index in [9.17, 15) is 4.79 Å². The van der Waals surface area contributed by atoms with E-state index in [1.807, 2.05) is 6.92 Å². The molecular weight excluding hydrogens is 214 g/mol. The van der Waals surface area contributed by atoms with Crippen molar-refractivity contribution in [3.05, 3.63) is 18.0 Å². The van der Waals surface area contributed by atoms with E-state index in [1.54, 1.807) is 16.8 Å².